The van der Waals surface area contributed by atoms with Crippen LogP contribution in [-0.4, -0.2) is 58.8 Å². The second-order valence-electron chi connectivity index (χ2n) is 6.11. The van der Waals surface area contributed by atoms with E-state index < -0.39 is 41.7 Å². The number of anilines is 1. The quantitative estimate of drug-likeness (QED) is 0.607. The third kappa shape index (κ3) is 5.83. The summed E-state index contributed by atoms with van der Waals surface area (Å²) >= 11 is 0. The van der Waals surface area contributed by atoms with Gasteiger partial charge in [-0.1, -0.05) is 6.07 Å². The predicted molar refractivity (Wildman–Crippen MR) is 93.7 cm³/mol. The van der Waals surface area contributed by atoms with Gasteiger partial charge in [0.2, 0.25) is 0 Å². The molecule has 0 fully saturated rings. The van der Waals surface area contributed by atoms with Crippen LogP contribution in [0.25, 0.3) is 0 Å². The molecule has 0 aliphatic carbocycles. The van der Waals surface area contributed by atoms with Crippen LogP contribution < -0.4 is 10.6 Å². The lowest BCUT2D eigenvalue weighted by Crippen LogP contribution is -2.37. The van der Waals surface area contributed by atoms with Gasteiger partial charge in [0.1, 0.15) is 17.7 Å². The van der Waals surface area contributed by atoms with Crippen LogP contribution in [0.5, 0.6) is 0 Å². The number of hydrogen-bond donors (Lipinski definition) is 3. The zero-order chi connectivity index (χ0) is 20.0. The van der Waals surface area contributed by atoms with E-state index in [0.29, 0.717) is 12.2 Å². The molecule has 0 aliphatic rings. The van der Waals surface area contributed by atoms with Gasteiger partial charge >= 0.3 is 11.8 Å². The number of aliphatic hydroxyl groups is 1. The van der Waals surface area contributed by atoms with E-state index >= 15 is 0 Å². The lowest BCUT2D eigenvalue weighted by molar-refractivity contribution is -0.136. The molecule has 2 aromatic rings. The van der Waals surface area contributed by atoms with Gasteiger partial charge in [-0.3, -0.25) is 14.3 Å². The Morgan fingerprint density at radius 1 is 1.26 bits per heavy atom. The number of rotatable bonds is 7. The summed E-state index contributed by atoms with van der Waals surface area (Å²) in [6.07, 6.45) is 1.33. The first kappa shape index (κ1) is 20.5. The van der Waals surface area contributed by atoms with Crippen molar-refractivity contribution in [3.8, 4) is 0 Å². The molecule has 0 spiro atoms. The lowest BCUT2D eigenvalue weighted by Gasteiger charge is -2.13. The van der Waals surface area contributed by atoms with Crippen LogP contribution in [0.3, 0.4) is 0 Å². The van der Waals surface area contributed by atoms with Gasteiger partial charge < -0.3 is 20.6 Å². The largest absolute Gasteiger partial charge is 0.386 e. The second-order valence-corrected chi connectivity index (χ2v) is 6.11. The van der Waals surface area contributed by atoms with E-state index in [4.69, 9.17) is 0 Å². The van der Waals surface area contributed by atoms with Crippen LogP contribution >= 0.6 is 0 Å². The van der Waals surface area contributed by atoms with Crippen LogP contribution in [0.2, 0.25) is 0 Å². The first-order valence-electron chi connectivity index (χ1n) is 8.16. The normalized spacial score (nSPS) is 12.1. The van der Waals surface area contributed by atoms with Crippen molar-refractivity contribution in [3.63, 3.8) is 0 Å². The summed E-state index contributed by atoms with van der Waals surface area (Å²) in [5, 5.41) is 18.4. The van der Waals surface area contributed by atoms with E-state index in [2.05, 4.69) is 15.7 Å². The number of benzene rings is 1. The molecule has 0 saturated carbocycles. The number of amides is 2. The molecule has 1 aromatic carbocycles. The number of aromatic nitrogens is 2. The van der Waals surface area contributed by atoms with Gasteiger partial charge in [0, 0.05) is 19.3 Å². The summed E-state index contributed by atoms with van der Waals surface area (Å²) in [5.41, 5.74) is -0.241. The molecule has 1 aromatic heterocycles. The number of halogens is 2. The number of carbonyl (C=O) groups excluding carboxylic acids is 2. The van der Waals surface area contributed by atoms with E-state index in [0.717, 1.165) is 24.7 Å². The maximum Gasteiger partial charge on any atom is 0.313 e. The van der Waals surface area contributed by atoms with E-state index in [1.807, 2.05) is 19.0 Å². The molecule has 2 amide bonds. The molecular weight excluding hydrogens is 360 g/mol. The highest BCUT2D eigenvalue weighted by Crippen LogP contribution is 2.19. The van der Waals surface area contributed by atoms with Crippen molar-refractivity contribution in [1.82, 2.24) is 20.0 Å². The molecule has 8 nitrogen and oxygen atoms in total. The molecule has 2 rings (SSSR count). The molecule has 146 valence electrons. The fraction of sp³-hybridized carbons (Fsp3) is 0.353. The molecule has 10 heteroatoms. The van der Waals surface area contributed by atoms with Crippen molar-refractivity contribution < 1.29 is 23.5 Å². The molecule has 1 atom stereocenters. The zero-order valence-electron chi connectivity index (χ0n) is 14.9. The van der Waals surface area contributed by atoms with Crippen LogP contribution in [0.1, 0.15) is 11.7 Å². The molecule has 0 bridgehead atoms. The minimum atomic E-state index is -1.63. The van der Waals surface area contributed by atoms with Crippen LogP contribution in [0, 0.1) is 11.6 Å². The summed E-state index contributed by atoms with van der Waals surface area (Å²) < 4.78 is 28.8. The third-order valence-corrected chi connectivity index (χ3v) is 3.66. The number of hydrogen-bond acceptors (Lipinski definition) is 5. The number of nitrogens with one attached hydrogen (secondary N) is 2. The summed E-state index contributed by atoms with van der Waals surface area (Å²) in [6, 6.07) is 3.14. The molecule has 27 heavy (non-hydrogen) atoms. The standard InChI is InChI=1S/C17H21F2N5O3/c1-23(2)6-7-24-10-11(8-21-24)22-17(27)16(26)20-9-14(25)15-12(18)4-3-5-13(15)19/h3-5,8,10,14,25H,6-7,9H2,1-2H3,(H,20,26)(H,22,27)/t14-/m1/s1. The highest BCUT2D eigenvalue weighted by Gasteiger charge is 2.21. The fourth-order valence-electron chi connectivity index (χ4n) is 2.24. The van der Waals surface area contributed by atoms with Crippen LogP contribution in [0.15, 0.2) is 30.6 Å². The minimum absolute atomic E-state index is 0.328. The summed E-state index contributed by atoms with van der Waals surface area (Å²) in [5.74, 6) is -3.91. The summed E-state index contributed by atoms with van der Waals surface area (Å²) in [6.45, 7) is 0.835. The van der Waals surface area contributed by atoms with Gasteiger partial charge in [0.25, 0.3) is 0 Å². The molecule has 3 N–H and O–H groups in total. The Labute approximate surface area is 154 Å². The van der Waals surface area contributed by atoms with Gasteiger partial charge in [-0.2, -0.15) is 5.10 Å². The average Bonchev–Trinajstić information content (AvgIpc) is 3.05. The monoisotopic (exact) mass is 381 g/mol. The first-order valence-corrected chi connectivity index (χ1v) is 8.16. The van der Waals surface area contributed by atoms with Crippen LogP contribution in [-0.2, 0) is 16.1 Å². The molecule has 0 aliphatic heterocycles. The van der Waals surface area contributed by atoms with Crippen molar-refractivity contribution in [3.05, 3.63) is 47.8 Å². The maximum absolute atomic E-state index is 13.6. The van der Waals surface area contributed by atoms with Crippen molar-refractivity contribution in [2.75, 3.05) is 32.5 Å². The number of aliphatic hydroxyl groups excluding tert-OH is 1. The SMILES string of the molecule is CN(C)CCn1cc(NC(=O)C(=O)NC[C@@H](O)c2c(F)cccc2F)cn1. The van der Waals surface area contributed by atoms with E-state index in [9.17, 15) is 23.5 Å². The van der Waals surface area contributed by atoms with Crippen molar-refractivity contribution in [1.29, 1.82) is 0 Å². The van der Waals surface area contributed by atoms with Gasteiger partial charge in [-0.05, 0) is 26.2 Å². The Morgan fingerprint density at radius 2 is 1.93 bits per heavy atom. The van der Waals surface area contributed by atoms with Crippen LogP contribution in [0.4, 0.5) is 14.5 Å². The lowest BCUT2D eigenvalue weighted by atomic mass is 10.1. The van der Waals surface area contributed by atoms with E-state index in [-0.39, 0.29) is 0 Å². The highest BCUT2D eigenvalue weighted by molar-refractivity contribution is 6.39. The van der Waals surface area contributed by atoms with Crippen molar-refractivity contribution in [2.24, 2.45) is 0 Å². The Morgan fingerprint density at radius 3 is 2.56 bits per heavy atom. The number of likely N-dealkylation sites (N-methyl/N-ethyl adjacent to an activating group) is 1. The topological polar surface area (TPSA) is 99.5 Å². The molecular formula is C17H21F2N5O3. The second kappa shape index (κ2) is 9.19. The molecule has 0 saturated heterocycles. The summed E-state index contributed by atoms with van der Waals surface area (Å²) in [4.78, 5) is 25.7. The van der Waals surface area contributed by atoms with Gasteiger partial charge in [-0.15, -0.1) is 0 Å². The van der Waals surface area contributed by atoms with E-state index in [1.54, 1.807) is 10.9 Å². The Bertz CT molecular complexity index is 789. The van der Waals surface area contributed by atoms with Crippen molar-refractivity contribution >= 4 is 17.5 Å². The number of carbonyl (C=O) groups is 2. The predicted octanol–water partition coefficient (Wildman–Crippen LogP) is 0.511. The Kier molecular flexibility index (Phi) is 6.97. The first-order chi connectivity index (χ1) is 12.8. The highest BCUT2D eigenvalue weighted by atomic mass is 19.1. The minimum Gasteiger partial charge on any atom is -0.386 e. The fourth-order valence-corrected chi connectivity index (χ4v) is 2.24. The number of nitrogens with zero attached hydrogens (tertiary/aromatic N) is 3. The zero-order valence-corrected chi connectivity index (χ0v) is 14.9. The van der Waals surface area contributed by atoms with Crippen molar-refractivity contribution in [2.45, 2.75) is 12.6 Å². The molecule has 0 unspecified atom stereocenters. The summed E-state index contributed by atoms with van der Waals surface area (Å²) in [7, 11) is 3.83. The smallest absolute Gasteiger partial charge is 0.313 e. The Balaban J connectivity index is 1.86. The molecule has 1 heterocycles. The van der Waals surface area contributed by atoms with Gasteiger partial charge in [-0.25, -0.2) is 8.78 Å². The molecule has 0 radical (unpaired) electrons. The van der Waals surface area contributed by atoms with Gasteiger partial charge in [0.05, 0.1) is 24.0 Å². The Hall–Kier alpha value is -2.85. The van der Waals surface area contributed by atoms with E-state index in [1.165, 1.54) is 6.20 Å². The maximum atomic E-state index is 13.6. The van der Waals surface area contributed by atoms with Gasteiger partial charge in [0.15, 0.2) is 0 Å². The average molecular weight is 381 g/mol. The third-order valence-electron chi connectivity index (χ3n) is 3.66.